The van der Waals surface area contributed by atoms with Gasteiger partial charge < -0.3 is 15.2 Å². The minimum atomic E-state index is -3.20. The number of carbonyl (C=O) groups excluding carboxylic acids is 1. The predicted octanol–water partition coefficient (Wildman–Crippen LogP) is 2.86. The highest BCUT2D eigenvalue weighted by Crippen LogP contribution is 2.38. The number of carboxylic acid groups (broad SMARTS) is 1. The van der Waals surface area contributed by atoms with Crippen molar-refractivity contribution in [3.05, 3.63) is 36.2 Å². The molecular weight excluding hydrogens is 465 g/mol. The second-order valence-electron chi connectivity index (χ2n) is 9.10. The van der Waals surface area contributed by atoms with Crippen molar-refractivity contribution in [3.63, 3.8) is 0 Å². The highest BCUT2D eigenvalue weighted by molar-refractivity contribution is 7.93. The summed E-state index contributed by atoms with van der Waals surface area (Å²) in [6.07, 6.45) is 10.6. The van der Waals surface area contributed by atoms with Gasteiger partial charge in [0.25, 0.3) is 0 Å². The van der Waals surface area contributed by atoms with Crippen LogP contribution in [0.15, 0.2) is 36.2 Å². The monoisotopic (exact) mass is 493 g/mol. The third-order valence-corrected chi connectivity index (χ3v) is 9.08. The summed E-state index contributed by atoms with van der Waals surface area (Å²) in [6.45, 7) is -0.558. The number of alkyl halides is 1. The maximum absolute atomic E-state index is 13.8. The Morgan fingerprint density at radius 1 is 1.21 bits per heavy atom. The van der Waals surface area contributed by atoms with Gasteiger partial charge in [-0.3, -0.25) is 4.79 Å². The number of aromatic nitrogens is 2. The van der Waals surface area contributed by atoms with Gasteiger partial charge in [0, 0.05) is 0 Å². The number of anilines is 1. The topological polar surface area (TPSA) is 136 Å². The quantitative estimate of drug-likeness (QED) is 0.508. The number of aliphatic carboxylic acids is 1. The molecule has 1 heterocycles. The highest BCUT2D eigenvalue weighted by atomic mass is 32.2. The van der Waals surface area contributed by atoms with E-state index < -0.39 is 39.8 Å². The highest BCUT2D eigenvalue weighted by Gasteiger charge is 2.41. The van der Waals surface area contributed by atoms with E-state index in [1.54, 1.807) is 12.2 Å². The summed E-state index contributed by atoms with van der Waals surface area (Å²) < 4.78 is 43.8. The molecule has 2 fully saturated rings. The lowest BCUT2D eigenvalue weighted by atomic mass is 9.84. The van der Waals surface area contributed by atoms with Crippen molar-refractivity contribution in [1.29, 1.82) is 0 Å². The van der Waals surface area contributed by atoms with Gasteiger partial charge in [-0.25, -0.2) is 27.6 Å². The van der Waals surface area contributed by atoms with E-state index >= 15 is 0 Å². The summed E-state index contributed by atoms with van der Waals surface area (Å²) >= 11 is 0. The van der Waals surface area contributed by atoms with Gasteiger partial charge in [0.2, 0.25) is 11.8 Å². The number of hydrogen-bond acceptors (Lipinski definition) is 7. The van der Waals surface area contributed by atoms with E-state index in [4.69, 9.17) is 9.84 Å². The van der Waals surface area contributed by atoms with Crippen LogP contribution in [0.3, 0.4) is 0 Å². The van der Waals surface area contributed by atoms with Crippen molar-refractivity contribution < 1.29 is 32.2 Å². The zero-order chi connectivity index (χ0) is 24.3. The Morgan fingerprint density at radius 2 is 2.00 bits per heavy atom. The first-order valence-electron chi connectivity index (χ1n) is 11.4. The number of amides is 1. The molecular formula is C23H28FN3O6S. The molecule has 2 saturated carbocycles. The molecule has 1 aromatic rings. The largest absolute Gasteiger partial charge is 0.479 e. The molecule has 3 aliphatic carbocycles. The van der Waals surface area contributed by atoms with Gasteiger partial charge in [-0.2, -0.15) is 0 Å². The molecule has 0 spiro atoms. The molecule has 1 amide bonds. The molecule has 2 N–H and O–H groups in total. The van der Waals surface area contributed by atoms with E-state index in [0.29, 0.717) is 44.9 Å². The van der Waals surface area contributed by atoms with Crippen molar-refractivity contribution in [2.45, 2.75) is 61.6 Å². The Morgan fingerprint density at radius 3 is 2.56 bits per heavy atom. The van der Waals surface area contributed by atoms with Crippen LogP contribution < -0.4 is 10.1 Å². The fraction of sp³-hybridized carbons (Fsp3) is 0.565. The van der Waals surface area contributed by atoms with E-state index in [-0.39, 0.29) is 28.8 Å². The number of halogens is 1. The Kier molecular flexibility index (Phi) is 7.30. The van der Waals surface area contributed by atoms with Crippen molar-refractivity contribution >= 4 is 27.5 Å². The average Bonchev–Trinajstić information content (AvgIpc) is 3.60. The van der Waals surface area contributed by atoms with Crippen LogP contribution >= 0.6 is 0 Å². The second-order valence-corrected chi connectivity index (χ2v) is 11.6. The smallest absolute Gasteiger partial charge is 0.341 e. The molecule has 4 atom stereocenters. The van der Waals surface area contributed by atoms with Crippen LogP contribution in [0.25, 0.3) is 0 Å². The number of nitrogens with one attached hydrogen (secondary N) is 1. The van der Waals surface area contributed by atoms with E-state index in [0.717, 1.165) is 5.57 Å². The Bertz CT molecular complexity index is 1080. The van der Waals surface area contributed by atoms with Gasteiger partial charge in [-0.1, -0.05) is 18.2 Å². The molecule has 2 unspecified atom stereocenters. The van der Waals surface area contributed by atoms with E-state index in [9.17, 15) is 22.4 Å². The minimum Gasteiger partial charge on any atom is -0.479 e. The van der Waals surface area contributed by atoms with E-state index in [1.165, 1.54) is 12.4 Å². The molecule has 0 radical (unpaired) electrons. The first-order valence-corrected chi connectivity index (χ1v) is 13.1. The van der Waals surface area contributed by atoms with Crippen LogP contribution in [-0.2, 0) is 19.4 Å². The molecule has 0 bridgehead atoms. The summed E-state index contributed by atoms with van der Waals surface area (Å²) in [4.78, 5) is 31.8. The Labute approximate surface area is 197 Å². The van der Waals surface area contributed by atoms with Gasteiger partial charge >= 0.3 is 5.97 Å². The molecule has 4 rings (SSSR count). The molecule has 0 aromatic carbocycles. The minimum absolute atomic E-state index is 0.0118. The molecule has 0 aliphatic heterocycles. The van der Waals surface area contributed by atoms with Crippen LogP contribution in [0.4, 0.5) is 10.2 Å². The lowest BCUT2D eigenvalue weighted by Gasteiger charge is -2.24. The standard InChI is InChI=1S/C23H28FN3O6S/c24-16-4-1-14(9-16)10-19(15-2-5-17(6-3-15)34(31,32)18-7-8-18)23(30)27-20-11-26-21(12-25-20)33-13-22(28)29/h2-3,5,11-12,14,16-19H,1,4,6-10,13H2,(H,28,29)(H,25,27,30)/t14-,16+,17?,19?/m1/s1. The second kappa shape index (κ2) is 10.2. The van der Waals surface area contributed by atoms with E-state index in [1.807, 2.05) is 6.08 Å². The van der Waals surface area contributed by atoms with Crippen LogP contribution in [0.1, 0.15) is 44.9 Å². The number of sulfone groups is 1. The lowest BCUT2D eigenvalue weighted by Crippen LogP contribution is -2.29. The zero-order valence-electron chi connectivity index (χ0n) is 18.6. The maximum atomic E-state index is 13.8. The van der Waals surface area contributed by atoms with Gasteiger partial charge in [0.1, 0.15) is 6.17 Å². The molecule has 0 saturated heterocycles. The number of hydrogen-bond donors (Lipinski definition) is 2. The third-order valence-electron chi connectivity index (χ3n) is 6.49. The van der Waals surface area contributed by atoms with Crippen molar-refractivity contribution in [2.24, 2.45) is 11.8 Å². The van der Waals surface area contributed by atoms with Crippen molar-refractivity contribution in [3.8, 4) is 5.88 Å². The summed E-state index contributed by atoms with van der Waals surface area (Å²) in [5.41, 5.74) is 0.719. The van der Waals surface area contributed by atoms with Crippen LogP contribution in [0.5, 0.6) is 5.88 Å². The third kappa shape index (κ3) is 5.99. The summed E-state index contributed by atoms with van der Waals surface area (Å²) in [5.74, 6) is -1.83. The maximum Gasteiger partial charge on any atom is 0.341 e. The molecule has 1 aromatic heterocycles. The first kappa shape index (κ1) is 24.3. The average molecular weight is 494 g/mol. The summed E-state index contributed by atoms with van der Waals surface area (Å²) in [5, 5.41) is 10.6. The first-order chi connectivity index (χ1) is 16.2. The fourth-order valence-electron chi connectivity index (χ4n) is 4.52. The normalized spacial score (nSPS) is 25.4. The van der Waals surface area contributed by atoms with E-state index in [2.05, 4.69) is 15.3 Å². The van der Waals surface area contributed by atoms with Gasteiger partial charge in [0.05, 0.1) is 28.8 Å². The number of nitrogens with zero attached hydrogens (tertiary/aromatic N) is 2. The number of carbonyl (C=O) groups is 2. The molecule has 34 heavy (non-hydrogen) atoms. The Hall–Kier alpha value is -2.82. The summed E-state index contributed by atoms with van der Waals surface area (Å²) in [7, 11) is -3.20. The molecule has 184 valence electrons. The summed E-state index contributed by atoms with van der Waals surface area (Å²) in [6, 6.07) is 0. The predicted molar refractivity (Wildman–Crippen MR) is 122 cm³/mol. The van der Waals surface area contributed by atoms with Crippen LogP contribution in [0, 0.1) is 11.8 Å². The number of ether oxygens (including phenoxy) is 1. The van der Waals surface area contributed by atoms with Gasteiger partial charge in [-0.05, 0) is 56.4 Å². The molecule has 9 nitrogen and oxygen atoms in total. The van der Waals surface area contributed by atoms with Crippen LogP contribution in [0.2, 0.25) is 0 Å². The van der Waals surface area contributed by atoms with Crippen molar-refractivity contribution in [1.82, 2.24) is 9.97 Å². The lowest BCUT2D eigenvalue weighted by molar-refractivity contribution is -0.139. The number of carboxylic acids is 1. The SMILES string of the molecule is O=C(O)COc1cnc(NC(=O)C(C[C@@H]2CC[C@H](F)C2)C2=CCC(S(=O)(=O)C3CC3)C=C2)cn1. The van der Waals surface area contributed by atoms with Crippen LogP contribution in [-0.4, -0.2) is 58.6 Å². The van der Waals surface area contributed by atoms with Gasteiger partial charge in [0.15, 0.2) is 22.3 Å². The Balaban J connectivity index is 1.45. The number of rotatable bonds is 10. The van der Waals surface area contributed by atoms with Gasteiger partial charge in [-0.15, -0.1) is 0 Å². The molecule has 3 aliphatic rings. The fourth-order valence-corrected chi connectivity index (χ4v) is 6.47. The molecule has 11 heteroatoms. The number of allylic oxidation sites excluding steroid dienone is 2. The zero-order valence-corrected chi connectivity index (χ0v) is 19.4. The van der Waals surface area contributed by atoms with Crippen molar-refractivity contribution in [2.75, 3.05) is 11.9 Å².